The Morgan fingerprint density at radius 3 is 2.33 bits per heavy atom. The molecule has 0 radical (unpaired) electrons. The second kappa shape index (κ2) is 2.73. The summed E-state index contributed by atoms with van der Waals surface area (Å²) in [6.07, 6.45) is 0.282. The van der Waals surface area contributed by atoms with Gasteiger partial charge in [0.1, 0.15) is 11.3 Å². The number of benzene rings is 1. The fraction of sp³-hybridized carbons (Fsp3) is 0.125. The van der Waals surface area contributed by atoms with Gasteiger partial charge in [-0.1, -0.05) is 0 Å². The van der Waals surface area contributed by atoms with Crippen LogP contribution in [0.5, 0.6) is 17.2 Å². The lowest BCUT2D eigenvalue weighted by Crippen LogP contribution is -1.85. The number of aromatic hydroxyl groups is 3. The van der Waals surface area contributed by atoms with Gasteiger partial charge in [-0.05, 0) is 18.6 Å². The minimum absolute atomic E-state index is 0.282. The summed E-state index contributed by atoms with van der Waals surface area (Å²) in [4.78, 5) is 10.3. The van der Waals surface area contributed by atoms with Gasteiger partial charge in [-0.2, -0.15) is 0 Å². The summed E-state index contributed by atoms with van der Waals surface area (Å²) in [7, 11) is 0. The van der Waals surface area contributed by atoms with Crippen molar-refractivity contribution >= 4 is 6.29 Å². The molecular formula is C8H8O4. The number of rotatable bonds is 1. The first-order valence-electron chi connectivity index (χ1n) is 3.27. The van der Waals surface area contributed by atoms with Crippen LogP contribution >= 0.6 is 0 Å². The monoisotopic (exact) mass is 168 g/mol. The lowest BCUT2D eigenvalue weighted by Gasteiger charge is -2.05. The minimum Gasteiger partial charge on any atom is -0.507 e. The summed E-state index contributed by atoms with van der Waals surface area (Å²) in [6.45, 7) is 1.50. The molecule has 1 aromatic carbocycles. The van der Waals surface area contributed by atoms with Crippen molar-refractivity contribution in [1.29, 1.82) is 0 Å². The maximum absolute atomic E-state index is 10.3. The van der Waals surface area contributed by atoms with Gasteiger partial charge in [0.15, 0.2) is 17.8 Å². The predicted octanol–water partition coefficient (Wildman–Crippen LogP) is 0.924. The molecule has 4 heteroatoms. The summed E-state index contributed by atoms with van der Waals surface area (Å²) < 4.78 is 0. The second-order valence-electron chi connectivity index (χ2n) is 2.44. The van der Waals surface area contributed by atoms with Crippen LogP contribution in [0.4, 0.5) is 0 Å². The molecule has 1 aromatic rings. The number of hydrogen-bond donors (Lipinski definition) is 3. The minimum atomic E-state index is -0.581. The molecule has 64 valence electrons. The Labute approximate surface area is 68.7 Å². The van der Waals surface area contributed by atoms with Gasteiger partial charge in [-0.3, -0.25) is 4.79 Å². The average molecular weight is 168 g/mol. The van der Waals surface area contributed by atoms with Gasteiger partial charge in [0.05, 0.1) is 0 Å². The molecular weight excluding hydrogens is 160 g/mol. The van der Waals surface area contributed by atoms with E-state index < -0.39 is 5.75 Å². The van der Waals surface area contributed by atoms with Gasteiger partial charge >= 0.3 is 0 Å². The first kappa shape index (κ1) is 8.39. The van der Waals surface area contributed by atoms with E-state index in [1.54, 1.807) is 0 Å². The third kappa shape index (κ3) is 1.07. The molecule has 0 heterocycles. The highest BCUT2D eigenvalue weighted by atomic mass is 16.3. The van der Waals surface area contributed by atoms with Crippen molar-refractivity contribution in [3.05, 3.63) is 17.2 Å². The van der Waals surface area contributed by atoms with Gasteiger partial charge in [0, 0.05) is 0 Å². The molecule has 0 atom stereocenters. The van der Waals surface area contributed by atoms with E-state index in [0.29, 0.717) is 5.56 Å². The molecule has 0 fully saturated rings. The molecule has 0 saturated carbocycles. The van der Waals surface area contributed by atoms with Gasteiger partial charge in [-0.25, -0.2) is 0 Å². The van der Waals surface area contributed by atoms with Crippen LogP contribution in [-0.2, 0) is 0 Å². The van der Waals surface area contributed by atoms with Crippen molar-refractivity contribution in [1.82, 2.24) is 0 Å². The summed E-state index contributed by atoms with van der Waals surface area (Å²) in [5, 5.41) is 27.3. The topological polar surface area (TPSA) is 77.8 Å². The van der Waals surface area contributed by atoms with E-state index in [1.807, 2.05) is 0 Å². The number of aldehydes is 1. The van der Waals surface area contributed by atoms with Crippen LogP contribution in [0.25, 0.3) is 0 Å². The summed E-state index contributed by atoms with van der Waals surface area (Å²) >= 11 is 0. The van der Waals surface area contributed by atoms with E-state index in [9.17, 15) is 4.79 Å². The van der Waals surface area contributed by atoms with Crippen LogP contribution in [0.2, 0.25) is 0 Å². The molecule has 0 bridgehead atoms. The van der Waals surface area contributed by atoms with Crippen LogP contribution in [0, 0.1) is 6.92 Å². The number of hydrogen-bond acceptors (Lipinski definition) is 4. The van der Waals surface area contributed by atoms with Gasteiger partial charge in [0.2, 0.25) is 0 Å². The Balaban J connectivity index is 3.51. The van der Waals surface area contributed by atoms with Gasteiger partial charge in [0.25, 0.3) is 0 Å². The van der Waals surface area contributed by atoms with Crippen LogP contribution in [0.3, 0.4) is 0 Å². The molecule has 0 aliphatic rings. The zero-order valence-electron chi connectivity index (χ0n) is 6.40. The first-order valence-corrected chi connectivity index (χ1v) is 3.27. The number of carbonyl (C=O) groups is 1. The SMILES string of the molecule is Cc1cc(O)c(C=O)c(O)c1O. The molecule has 0 aliphatic carbocycles. The van der Waals surface area contributed by atoms with E-state index in [0.717, 1.165) is 0 Å². The van der Waals surface area contributed by atoms with Gasteiger partial charge < -0.3 is 15.3 Å². The van der Waals surface area contributed by atoms with Crippen molar-refractivity contribution < 1.29 is 20.1 Å². The normalized spacial score (nSPS) is 9.75. The molecule has 1 rings (SSSR count). The third-order valence-electron chi connectivity index (χ3n) is 1.60. The maximum atomic E-state index is 10.3. The number of carbonyl (C=O) groups excluding carboxylic acids is 1. The standard InChI is InChI=1S/C8H8O4/c1-4-2-6(10)5(3-9)8(12)7(4)11/h2-3,10-12H,1H3. The summed E-state index contributed by atoms with van der Waals surface area (Å²) in [6, 6.07) is 1.21. The molecule has 3 N–H and O–H groups in total. The van der Waals surface area contributed by atoms with Crippen molar-refractivity contribution in [2.75, 3.05) is 0 Å². The first-order chi connectivity index (χ1) is 5.57. The fourth-order valence-corrected chi connectivity index (χ4v) is 0.903. The molecule has 0 saturated heterocycles. The Morgan fingerprint density at radius 2 is 1.83 bits per heavy atom. The summed E-state index contributed by atoms with van der Waals surface area (Å²) in [5.74, 6) is -1.30. The van der Waals surface area contributed by atoms with E-state index >= 15 is 0 Å². The van der Waals surface area contributed by atoms with Crippen molar-refractivity contribution in [3.63, 3.8) is 0 Å². The van der Waals surface area contributed by atoms with Crippen molar-refractivity contribution in [3.8, 4) is 17.2 Å². The Bertz CT molecular complexity index is 330. The van der Waals surface area contributed by atoms with E-state index in [2.05, 4.69) is 0 Å². The predicted molar refractivity (Wildman–Crippen MR) is 41.6 cm³/mol. The zero-order chi connectivity index (χ0) is 9.30. The molecule has 0 aromatic heterocycles. The lowest BCUT2D eigenvalue weighted by molar-refractivity contribution is 0.111. The largest absolute Gasteiger partial charge is 0.507 e. The van der Waals surface area contributed by atoms with E-state index in [-0.39, 0.29) is 23.3 Å². The van der Waals surface area contributed by atoms with Crippen LogP contribution in [0.1, 0.15) is 15.9 Å². The smallest absolute Gasteiger partial charge is 0.172 e. The molecule has 4 nitrogen and oxygen atoms in total. The Morgan fingerprint density at radius 1 is 1.25 bits per heavy atom. The fourth-order valence-electron chi connectivity index (χ4n) is 0.903. The highest BCUT2D eigenvalue weighted by Crippen LogP contribution is 2.36. The average Bonchev–Trinajstić information content (AvgIpc) is 2.01. The molecule has 0 unspecified atom stereocenters. The second-order valence-corrected chi connectivity index (χ2v) is 2.44. The lowest BCUT2D eigenvalue weighted by atomic mass is 10.1. The van der Waals surface area contributed by atoms with Gasteiger partial charge in [-0.15, -0.1) is 0 Å². The van der Waals surface area contributed by atoms with Crippen LogP contribution in [0.15, 0.2) is 6.07 Å². The number of aryl methyl sites for hydroxylation is 1. The third-order valence-corrected chi connectivity index (χ3v) is 1.60. The van der Waals surface area contributed by atoms with E-state index in [1.165, 1.54) is 13.0 Å². The highest BCUT2D eigenvalue weighted by Gasteiger charge is 2.13. The van der Waals surface area contributed by atoms with E-state index in [4.69, 9.17) is 15.3 Å². The quantitative estimate of drug-likeness (QED) is 0.331. The van der Waals surface area contributed by atoms with Crippen molar-refractivity contribution in [2.45, 2.75) is 6.92 Å². The Kier molecular flexibility index (Phi) is 1.91. The highest BCUT2D eigenvalue weighted by molar-refractivity contribution is 5.85. The van der Waals surface area contributed by atoms with Crippen LogP contribution < -0.4 is 0 Å². The van der Waals surface area contributed by atoms with Crippen molar-refractivity contribution in [2.24, 2.45) is 0 Å². The molecule has 0 aliphatic heterocycles. The number of phenols is 3. The zero-order valence-corrected chi connectivity index (χ0v) is 6.40. The summed E-state index contributed by atoms with van der Waals surface area (Å²) in [5.41, 5.74) is 0.0219. The maximum Gasteiger partial charge on any atom is 0.172 e. The Hall–Kier alpha value is -1.71. The molecule has 0 amide bonds. The number of phenolic OH excluding ortho intramolecular Hbond substituents is 3. The molecule has 0 spiro atoms. The molecule has 12 heavy (non-hydrogen) atoms. The van der Waals surface area contributed by atoms with Crippen LogP contribution in [-0.4, -0.2) is 21.6 Å².